The van der Waals surface area contributed by atoms with Crippen molar-refractivity contribution in [3.63, 3.8) is 0 Å². The van der Waals surface area contributed by atoms with E-state index >= 15 is 0 Å². The molecule has 1 saturated carbocycles. The minimum Gasteiger partial charge on any atom is -0.356 e. The second-order valence-electron chi connectivity index (χ2n) is 5.34. The molecular weight excluding hydrogens is 238 g/mol. The van der Waals surface area contributed by atoms with Gasteiger partial charge in [-0.15, -0.1) is 0 Å². The zero-order chi connectivity index (χ0) is 13.7. The van der Waals surface area contributed by atoms with Crippen molar-refractivity contribution in [3.8, 4) is 0 Å². The summed E-state index contributed by atoms with van der Waals surface area (Å²) in [5.41, 5.74) is 0. The number of aromatic nitrogens is 2. The van der Waals surface area contributed by atoms with Crippen molar-refractivity contribution in [1.82, 2.24) is 20.2 Å². The molecule has 1 aromatic rings. The normalized spacial score (nSPS) is 22.4. The molecule has 0 aromatic carbocycles. The molecule has 2 atom stereocenters. The van der Waals surface area contributed by atoms with Gasteiger partial charge in [0.1, 0.15) is 5.82 Å². The quantitative estimate of drug-likeness (QED) is 0.465. The SMILES string of the molecule is CN=C(NCCCCn1ccnc1C)NC1CC1C. The molecule has 5 nitrogen and oxygen atoms in total. The van der Waals surface area contributed by atoms with Crippen LogP contribution in [0.3, 0.4) is 0 Å². The summed E-state index contributed by atoms with van der Waals surface area (Å²) in [5.74, 6) is 2.82. The maximum atomic E-state index is 4.24. The average molecular weight is 263 g/mol. The number of hydrogen-bond acceptors (Lipinski definition) is 2. The van der Waals surface area contributed by atoms with Crippen LogP contribution in [0.25, 0.3) is 0 Å². The highest BCUT2D eigenvalue weighted by Gasteiger charge is 2.32. The number of imidazole rings is 1. The van der Waals surface area contributed by atoms with E-state index in [4.69, 9.17) is 0 Å². The smallest absolute Gasteiger partial charge is 0.191 e. The van der Waals surface area contributed by atoms with Crippen LogP contribution in [0.1, 0.15) is 32.0 Å². The van der Waals surface area contributed by atoms with Crippen molar-refractivity contribution in [3.05, 3.63) is 18.2 Å². The summed E-state index contributed by atoms with van der Waals surface area (Å²) < 4.78 is 2.19. The second-order valence-corrected chi connectivity index (χ2v) is 5.34. The largest absolute Gasteiger partial charge is 0.356 e. The molecule has 1 aromatic heterocycles. The van der Waals surface area contributed by atoms with Crippen LogP contribution in [0.15, 0.2) is 17.4 Å². The third kappa shape index (κ3) is 4.26. The Morgan fingerprint density at radius 1 is 1.53 bits per heavy atom. The van der Waals surface area contributed by atoms with Gasteiger partial charge in [0.2, 0.25) is 0 Å². The van der Waals surface area contributed by atoms with Crippen molar-refractivity contribution in [2.24, 2.45) is 10.9 Å². The molecule has 0 aliphatic heterocycles. The Kier molecular flexibility index (Phi) is 4.82. The van der Waals surface area contributed by atoms with Crippen LogP contribution in [-0.2, 0) is 6.54 Å². The molecule has 2 N–H and O–H groups in total. The Morgan fingerprint density at radius 2 is 2.32 bits per heavy atom. The van der Waals surface area contributed by atoms with Gasteiger partial charge in [-0.25, -0.2) is 4.98 Å². The highest BCUT2D eigenvalue weighted by molar-refractivity contribution is 5.80. The molecular formula is C14H25N5. The van der Waals surface area contributed by atoms with Crippen molar-refractivity contribution in [1.29, 1.82) is 0 Å². The lowest BCUT2D eigenvalue weighted by atomic mass is 10.3. The van der Waals surface area contributed by atoms with Crippen LogP contribution >= 0.6 is 0 Å². The number of unbranched alkanes of at least 4 members (excludes halogenated alkanes) is 1. The Hall–Kier alpha value is -1.52. The maximum absolute atomic E-state index is 4.24. The Morgan fingerprint density at radius 3 is 2.89 bits per heavy atom. The first-order valence-electron chi connectivity index (χ1n) is 7.15. The van der Waals surface area contributed by atoms with Crippen molar-refractivity contribution < 1.29 is 0 Å². The molecule has 0 bridgehead atoms. The fourth-order valence-electron chi connectivity index (χ4n) is 2.15. The van der Waals surface area contributed by atoms with Gasteiger partial charge >= 0.3 is 0 Å². The number of guanidine groups is 1. The first-order valence-corrected chi connectivity index (χ1v) is 7.15. The number of aryl methyl sites for hydroxylation is 2. The molecule has 1 aliphatic carbocycles. The van der Waals surface area contributed by atoms with E-state index in [1.165, 1.54) is 6.42 Å². The highest BCUT2D eigenvalue weighted by atomic mass is 15.2. The van der Waals surface area contributed by atoms with Crippen LogP contribution in [0.4, 0.5) is 0 Å². The van der Waals surface area contributed by atoms with Gasteiger partial charge in [0.15, 0.2) is 5.96 Å². The number of nitrogens with zero attached hydrogens (tertiary/aromatic N) is 3. The molecule has 0 saturated heterocycles. The molecule has 1 fully saturated rings. The third-order valence-electron chi connectivity index (χ3n) is 3.70. The Balaban J connectivity index is 1.57. The highest BCUT2D eigenvalue weighted by Crippen LogP contribution is 2.28. The van der Waals surface area contributed by atoms with E-state index in [0.717, 1.165) is 43.6 Å². The lowest BCUT2D eigenvalue weighted by Gasteiger charge is -2.11. The van der Waals surface area contributed by atoms with Crippen LogP contribution in [0.5, 0.6) is 0 Å². The van der Waals surface area contributed by atoms with Gasteiger partial charge in [0.05, 0.1) is 0 Å². The summed E-state index contributed by atoms with van der Waals surface area (Å²) in [4.78, 5) is 8.47. The molecule has 0 amide bonds. The molecule has 19 heavy (non-hydrogen) atoms. The van der Waals surface area contributed by atoms with Gasteiger partial charge in [-0.05, 0) is 32.1 Å². The topological polar surface area (TPSA) is 54.2 Å². The molecule has 1 aliphatic rings. The summed E-state index contributed by atoms with van der Waals surface area (Å²) in [7, 11) is 1.83. The number of nitrogens with one attached hydrogen (secondary N) is 2. The van der Waals surface area contributed by atoms with Crippen LogP contribution < -0.4 is 10.6 Å². The van der Waals surface area contributed by atoms with Crippen molar-refractivity contribution in [2.45, 2.75) is 45.7 Å². The monoisotopic (exact) mass is 263 g/mol. The molecule has 5 heteroatoms. The van der Waals surface area contributed by atoms with Crippen molar-refractivity contribution >= 4 is 5.96 Å². The second kappa shape index (κ2) is 6.59. The number of rotatable bonds is 6. The van der Waals surface area contributed by atoms with Gasteiger partial charge in [-0.2, -0.15) is 0 Å². The van der Waals surface area contributed by atoms with E-state index in [-0.39, 0.29) is 0 Å². The molecule has 0 radical (unpaired) electrons. The minimum absolute atomic E-state index is 0.625. The van der Waals surface area contributed by atoms with Gasteiger partial charge in [0, 0.05) is 38.6 Å². The molecule has 2 rings (SSSR count). The van der Waals surface area contributed by atoms with E-state index in [0.29, 0.717) is 6.04 Å². The zero-order valence-electron chi connectivity index (χ0n) is 12.2. The molecule has 0 spiro atoms. The zero-order valence-corrected chi connectivity index (χ0v) is 12.2. The summed E-state index contributed by atoms with van der Waals surface area (Å²) >= 11 is 0. The fourth-order valence-corrected chi connectivity index (χ4v) is 2.15. The first-order chi connectivity index (χ1) is 9.20. The first kappa shape index (κ1) is 13.9. The summed E-state index contributed by atoms with van der Waals surface area (Å²) in [5, 5.41) is 6.80. The van der Waals surface area contributed by atoms with Crippen LogP contribution in [0, 0.1) is 12.8 Å². The predicted octanol–water partition coefficient (Wildman–Crippen LogP) is 1.55. The molecule has 2 unspecified atom stereocenters. The summed E-state index contributed by atoms with van der Waals surface area (Å²) in [6, 6.07) is 0.625. The number of aliphatic imine (C=N–C) groups is 1. The minimum atomic E-state index is 0.625. The third-order valence-corrected chi connectivity index (χ3v) is 3.70. The van der Waals surface area contributed by atoms with Gasteiger partial charge in [-0.3, -0.25) is 4.99 Å². The van der Waals surface area contributed by atoms with Crippen molar-refractivity contribution in [2.75, 3.05) is 13.6 Å². The molecule has 1 heterocycles. The molecule has 106 valence electrons. The Labute approximate surface area is 115 Å². The van der Waals surface area contributed by atoms with E-state index in [9.17, 15) is 0 Å². The van der Waals surface area contributed by atoms with E-state index in [1.54, 1.807) is 0 Å². The lowest BCUT2D eigenvalue weighted by molar-refractivity contribution is 0.587. The summed E-state index contributed by atoms with van der Waals surface area (Å²) in [6.07, 6.45) is 7.45. The van der Waals surface area contributed by atoms with Gasteiger partial charge in [0.25, 0.3) is 0 Å². The van der Waals surface area contributed by atoms with Crippen LogP contribution in [-0.4, -0.2) is 35.1 Å². The standard InChI is InChI=1S/C14H25N5/c1-11-10-13(11)18-14(15-3)17-6-4-5-8-19-9-7-16-12(19)2/h7,9,11,13H,4-6,8,10H2,1-3H3,(H2,15,17,18). The van der Waals surface area contributed by atoms with Gasteiger partial charge < -0.3 is 15.2 Å². The van der Waals surface area contributed by atoms with E-state index in [1.807, 2.05) is 26.4 Å². The number of hydrogen-bond donors (Lipinski definition) is 2. The van der Waals surface area contributed by atoms with E-state index < -0.39 is 0 Å². The van der Waals surface area contributed by atoms with Crippen LogP contribution in [0.2, 0.25) is 0 Å². The summed E-state index contributed by atoms with van der Waals surface area (Å²) in [6.45, 7) is 6.31. The predicted molar refractivity (Wildman–Crippen MR) is 78.3 cm³/mol. The maximum Gasteiger partial charge on any atom is 0.191 e. The van der Waals surface area contributed by atoms with E-state index in [2.05, 4.69) is 32.1 Å². The lowest BCUT2D eigenvalue weighted by Crippen LogP contribution is -2.39. The average Bonchev–Trinajstić information content (AvgIpc) is 2.93. The van der Waals surface area contributed by atoms with Gasteiger partial charge in [-0.1, -0.05) is 6.92 Å². The fraction of sp³-hybridized carbons (Fsp3) is 0.714. The Bertz CT molecular complexity index is 423.